The Labute approximate surface area is 179 Å². The Morgan fingerprint density at radius 1 is 1.30 bits per heavy atom. The Morgan fingerprint density at radius 3 is 2.83 bits per heavy atom. The number of carbonyl (C=O) groups is 1. The topological polar surface area (TPSA) is 66.8 Å². The second-order valence-corrected chi connectivity index (χ2v) is 8.50. The summed E-state index contributed by atoms with van der Waals surface area (Å²) in [6.45, 7) is 2.85. The van der Waals surface area contributed by atoms with Gasteiger partial charge in [0.05, 0.1) is 24.9 Å². The first-order valence-electron chi connectivity index (χ1n) is 10.1. The zero-order valence-electron chi connectivity index (χ0n) is 16.9. The van der Waals surface area contributed by atoms with Crippen LogP contribution in [0.5, 0.6) is 0 Å². The summed E-state index contributed by atoms with van der Waals surface area (Å²) >= 11 is 1.50. The molecule has 30 heavy (non-hydrogen) atoms. The highest BCUT2D eigenvalue weighted by Crippen LogP contribution is 2.30. The van der Waals surface area contributed by atoms with Crippen LogP contribution >= 0.6 is 11.3 Å². The minimum absolute atomic E-state index is 0.0110. The van der Waals surface area contributed by atoms with Gasteiger partial charge in [-0.1, -0.05) is 12.1 Å². The summed E-state index contributed by atoms with van der Waals surface area (Å²) < 4.78 is 18.7. The van der Waals surface area contributed by atoms with E-state index in [0.29, 0.717) is 19.0 Å². The van der Waals surface area contributed by atoms with Crippen molar-refractivity contribution in [2.75, 3.05) is 33.4 Å². The van der Waals surface area contributed by atoms with E-state index in [-0.39, 0.29) is 18.1 Å². The second kappa shape index (κ2) is 9.49. The monoisotopic (exact) mass is 428 g/mol. The lowest BCUT2D eigenvalue weighted by Crippen LogP contribution is -2.33. The maximum Gasteiger partial charge on any atom is 0.226 e. The Hall–Kier alpha value is -2.58. The van der Waals surface area contributed by atoms with Gasteiger partial charge in [0.1, 0.15) is 10.8 Å². The van der Waals surface area contributed by atoms with E-state index in [2.05, 4.69) is 15.4 Å². The molecule has 0 bridgehead atoms. The smallest absolute Gasteiger partial charge is 0.226 e. The molecule has 0 spiro atoms. The number of rotatable bonds is 6. The molecule has 8 heteroatoms. The van der Waals surface area contributed by atoms with Crippen molar-refractivity contribution in [2.24, 2.45) is 11.0 Å². The molecule has 0 saturated carbocycles. The van der Waals surface area contributed by atoms with Crippen LogP contribution in [0.3, 0.4) is 0 Å². The first-order chi connectivity index (χ1) is 14.6. The fraction of sp³-hybridized carbons (Fsp3) is 0.409. The number of aromatic nitrogens is 1. The van der Waals surface area contributed by atoms with E-state index in [1.54, 1.807) is 18.3 Å². The van der Waals surface area contributed by atoms with Crippen LogP contribution < -0.4 is 5.32 Å². The SMILES string of the molecule is CN1CC(c2ccc(F)cc2)=C(c2nc(CC(=O)NCC3CCOCC3)cs2)C=N1. The highest BCUT2D eigenvalue weighted by molar-refractivity contribution is 7.11. The van der Waals surface area contributed by atoms with Crippen LogP contribution in [-0.4, -0.2) is 55.5 Å². The van der Waals surface area contributed by atoms with E-state index >= 15 is 0 Å². The lowest BCUT2D eigenvalue weighted by Gasteiger charge is -2.22. The number of hydrogen-bond acceptors (Lipinski definition) is 6. The molecule has 2 aliphatic rings. The molecule has 2 aromatic rings. The van der Waals surface area contributed by atoms with Crippen LogP contribution in [0.2, 0.25) is 0 Å². The summed E-state index contributed by atoms with van der Waals surface area (Å²) in [6, 6.07) is 6.47. The molecule has 0 radical (unpaired) electrons. The summed E-state index contributed by atoms with van der Waals surface area (Å²) in [4.78, 5) is 17.0. The fourth-order valence-corrected chi connectivity index (χ4v) is 4.48. The number of nitrogens with zero attached hydrogens (tertiary/aromatic N) is 3. The number of thiazole rings is 1. The van der Waals surface area contributed by atoms with E-state index in [1.807, 2.05) is 17.4 Å². The highest BCUT2D eigenvalue weighted by Gasteiger charge is 2.20. The normalized spacial score (nSPS) is 17.5. The van der Waals surface area contributed by atoms with E-state index in [4.69, 9.17) is 4.74 Å². The number of likely N-dealkylation sites (N-methyl/N-ethyl adjacent to an activating group) is 1. The number of benzene rings is 1. The van der Waals surface area contributed by atoms with Crippen molar-refractivity contribution in [3.63, 3.8) is 0 Å². The van der Waals surface area contributed by atoms with Crippen molar-refractivity contribution in [1.29, 1.82) is 0 Å². The predicted molar refractivity (Wildman–Crippen MR) is 117 cm³/mol. The van der Waals surface area contributed by atoms with Crippen molar-refractivity contribution < 1.29 is 13.9 Å². The largest absolute Gasteiger partial charge is 0.381 e. The van der Waals surface area contributed by atoms with Crippen LogP contribution in [0, 0.1) is 11.7 Å². The molecule has 1 fully saturated rings. The van der Waals surface area contributed by atoms with E-state index in [9.17, 15) is 9.18 Å². The lowest BCUT2D eigenvalue weighted by atomic mass is 9.99. The summed E-state index contributed by atoms with van der Waals surface area (Å²) in [5.41, 5.74) is 3.64. The molecule has 0 aliphatic carbocycles. The highest BCUT2D eigenvalue weighted by atomic mass is 32.1. The first kappa shape index (κ1) is 20.7. The van der Waals surface area contributed by atoms with Crippen molar-refractivity contribution in [3.05, 3.63) is 51.7 Å². The molecular weight excluding hydrogens is 403 g/mol. The standard InChI is InChI=1S/C22H25FN4O2S/c1-27-13-20(16-2-4-17(23)5-3-16)19(12-25-27)22-26-18(14-30-22)10-21(28)24-11-15-6-8-29-9-7-15/h2-5,12,14-15H,6-11,13H2,1H3,(H,24,28). The van der Waals surface area contributed by atoms with Gasteiger partial charge in [0.25, 0.3) is 0 Å². The molecule has 1 N–H and O–H groups in total. The molecule has 1 saturated heterocycles. The van der Waals surface area contributed by atoms with Crippen molar-refractivity contribution in [1.82, 2.24) is 15.3 Å². The molecule has 3 heterocycles. The molecule has 158 valence electrons. The zero-order valence-corrected chi connectivity index (χ0v) is 17.8. The lowest BCUT2D eigenvalue weighted by molar-refractivity contribution is -0.120. The Balaban J connectivity index is 1.46. The van der Waals surface area contributed by atoms with Gasteiger partial charge in [0.2, 0.25) is 5.91 Å². The molecule has 6 nitrogen and oxygen atoms in total. The second-order valence-electron chi connectivity index (χ2n) is 7.64. The minimum atomic E-state index is -0.262. The molecule has 2 aliphatic heterocycles. The molecular formula is C22H25FN4O2S. The van der Waals surface area contributed by atoms with Gasteiger partial charge in [-0.2, -0.15) is 5.10 Å². The third-order valence-corrected chi connectivity index (χ3v) is 6.27. The van der Waals surface area contributed by atoms with Crippen LogP contribution in [0.4, 0.5) is 4.39 Å². The summed E-state index contributed by atoms with van der Waals surface area (Å²) in [5.74, 6) is 0.220. The van der Waals surface area contributed by atoms with Crippen molar-refractivity contribution >= 4 is 34.6 Å². The fourth-order valence-electron chi connectivity index (χ4n) is 3.62. The number of hydrazone groups is 1. The molecule has 1 aromatic heterocycles. The van der Waals surface area contributed by atoms with Crippen LogP contribution in [0.25, 0.3) is 11.1 Å². The molecule has 0 unspecified atom stereocenters. The summed E-state index contributed by atoms with van der Waals surface area (Å²) in [5, 5.41) is 12.0. The van der Waals surface area contributed by atoms with Gasteiger partial charge in [0, 0.05) is 37.8 Å². The van der Waals surface area contributed by atoms with Gasteiger partial charge in [0.15, 0.2) is 0 Å². The number of carbonyl (C=O) groups excluding carboxylic acids is 1. The number of halogens is 1. The Morgan fingerprint density at radius 2 is 2.07 bits per heavy atom. The van der Waals surface area contributed by atoms with Gasteiger partial charge in [-0.3, -0.25) is 9.80 Å². The molecule has 1 amide bonds. The predicted octanol–water partition coefficient (Wildman–Crippen LogP) is 3.21. The van der Waals surface area contributed by atoms with Crippen molar-refractivity contribution in [2.45, 2.75) is 19.3 Å². The first-order valence-corrected chi connectivity index (χ1v) is 11.0. The molecule has 0 atom stereocenters. The van der Waals surface area contributed by atoms with Crippen LogP contribution in [-0.2, 0) is 16.0 Å². The van der Waals surface area contributed by atoms with Crippen LogP contribution in [0.15, 0.2) is 34.7 Å². The average molecular weight is 429 g/mol. The minimum Gasteiger partial charge on any atom is -0.381 e. The number of hydrogen-bond donors (Lipinski definition) is 1. The van der Waals surface area contributed by atoms with Gasteiger partial charge in [-0.25, -0.2) is 9.37 Å². The van der Waals surface area contributed by atoms with Gasteiger partial charge < -0.3 is 10.1 Å². The third-order valence-electron chi connectivity index (χ3n) is 5.34. The zero-order chi connectivity index (χ0) is 20.9. The summed E-state index contributed by atoms with van der Waals surface area (Å²) in [7, 11) is 1.90. The van der Waals surface area contributed by atoms with E-state index < -0.39 is 0 Å². The molecule has 1 aromatic carbocycles. The maximum atomic E-state index is 13.3. The van der Waals surface area contributed by atoms with Gasteiger partial charge >= 0.3 is 0 Å². The van der Waals surface area contributed by atoms with Gasteiger partial charge in [-0.05, 0) is 42.0 Å². The number of ether oxygens (including phenoxy) is 1. The quantitative estimate of drug-likeness (QED) is 0.767. The number of nitrogens with one attached hydrogen (secondary N) is 1. The average Bonchev–Trinajstić information content (AvgIpc) is 3.21. The van der Waals surface area contributed by atoms with Crippen molar-refractivity contribution in [3.8, 4) is 0 Å². The Kier molecular flexibility index (Phi) is 6.54. The number of allylic oxidation sites excluding steroid dienone is 1. The van der Waals surface area contributed by atoms with E-state index in [0.717, 1.165) is 53.5 Å². The molecule has 4 rings (SSSR count). The Bertz CT molecular complexity index is 948. The van der Waals surface area contributed by atoms with E-state index in [1.165, 1.54) is 23.5 Å². The third kappa shape index (κ3) is 5.12. The van der Waals surface area contributed by atoms with Crippen LogP contribution in [0.1, 0.15) is 29.1 Å². The summed E-state index contributed by atoms with van der Waals surface area (Å²) in [6.07, 6.45) is 4.04. The van der Waals surface area contributed by atoms with Gasteiger partial charge in [-0.15, -0.1) is 11.3 Å². The number of amides is 1. The maximum absolute atomic E-state index is 13.3.